The average molecular weight is 252 g/mol. The van der Waals surface area contributed by atoms with E-state index in [0.717, 1.165) is 23.9 Å². The van der Waals surface area contributed by atoms with Crippen LogP contribution in [0.3, 0.4) is 0 Å². The lowest BCUT2D eigenvalue weighted by Crippen LogP contribution is -2.52. The molecule has 4 unspecified atom stereocenters. The third-order valence-corrected chi connectivity index (χ3v) is 5.11. The highest BCUT2D eigenvalue weighted by Gasteiger charge is 2.31. The van der Waals surface area contributed by atoms with Crippen LogP contribution in [0.4, 0.5) is 0 Å². The van der Waals surface area contributed by atoms with Crippen LogP contribution >= 0.6 is 0 Å². The second-order valence-corrected chi connectivity index (χ2v) is 7.08. The van der Waals surface area contributed by atoms with Gasteiger partial charge in [0.15, 0.2) is 0 Å². The van der Waals surface area contributed by atoms with Gasteiger partial charge in [-0.1, -0.05) is 27.7 Å². The van der Waals surface area contributed by atoms with Gasteiger partial charge < -0.3 is 5.32 Å². The number of rotatable bonds is 3. The summed E-state index contributed by atoms with van der Waals surface area (Å²) in [6.07, 6.45) is 7.04. The van der Waals surface area contributed by atoms with Crippen LogP contribution in [0.15, 0.2) is 0 Å². The molecule has 1 N–H and O–H groups in total. The lowest BCUT2D eigenvalue weighted by atomic mass is 9.78. The van der Waals surface area contributed by atoms with Gasteiger partial charge >= 0.3 is 0 Å². The normalized spacial score (nSPS) is 39.2. The maximum atomic E-state index is 3.73. The van der Waals surface area contributed by atoms with Gasteiger partial charge in [0, 0.05) is 24.7 Å². The lowest BCUT2D eigenvalue weighted by Gasteiger charge is -2.43. The smallest absolute Gasteiger partial charge is 0.0197 e. The molecule has 106 valence electrons. The molecule has 2 fully saturated rings. The average Bonchev–Trinajstić information content (AvgIpc) is 2.32. The zero-order valence-electron chi connectivity index (χ0n) is 12.8. The largest absolute Gasteiger partial charge is 0.311 e. The standard InChI is InChI=1S/C16H32N2/c1-12(2)17-15-6-5-9-18(11-15)16-8-7-13(3)14(4)10-16/h12-17H,5-11H2,1-4H3. The number of hydrogen-bond donors (Lipinski definition) is 1. The maximum Gasteiger partial charge on any atom is 0.0197 e. The van der Waals surface area contributed by atoms with Crippen LogP contribution in [-0.2, 0) is 0 Å². The van der Waals surface area contributed by atoms with E-state index in [9.17, 15) is 0 Å². The molecule has 1 heterocycles. The Kier molecular flexibility index (Phi) is 5.08. The van der Waals surface area contributed by atoms with Gasteiger partial charge in [0.25, 0.3) is 0 Å². The van der Waals surface area contributed by atoms with Crippen molar-refractivity contribution in [3.8, 4) is 0 Å². The van der Waals surface area contributed by atoms with Gasteiger partial charge in [-0.15, -0.1) is 0 Å². The van der Waals surface area contributed by atoms with Crippen molar-refractivity contribution >= 4 is 0 Å². The maximum absolute atomic E-state index is 3.73. The molecule has 0 amide bonds. The molecule has 18 heavy (non-hydrogen) atoms. The Hall–Kier alpha value is -0.0800. The molecule has 0 bridgehead atoms. The van der Waals surface area contributed by atoms with Crippen LogP contribution in [0.5, 0.6) is 0 Å². The Morgan fingerprint density at radius 1 is 1.06 bits per heavy atom. The van der Waals surface area contributed by atoms with Crippen LogP contribution < -0.4 is 5.32 Å². The van der Waals surface area contributed by atoms with Crippen molar-refractivity contribution in [3.63, 3.8) is 0 Å². The summed E-state index contributed by atoms with van der Waals surface area (Å²) in [5, 5.41) is 3.73. The zero-order chi connectivity index (χ0) is 13.1. The molecule has 1 aliphatic carbocycles. The van der Waals surface area contributed by atoms with Gasteiger partial charge in [0.05, 0.1) is 0 Å². The van der Waals surface area contributed by atoms with Gasteiger partial charge in [0.2, 0.25) is 0 Å². The lowest BCUT2D eigenvalue weighted by molar-refractivity contribution is 0.0767. The summed E-state index contributed by atoms with van der Waals surface area (Å²) in [5.74, 6) is 1.86. The first kappa shape index (κ1) is 14.3. The Morgan fingerprint density at radius 2 is 1.83 bits per heavy atom. The molecule has 0 spiro atoms. The zero-order valence-corrected chi connectivity index (χ0v) is 12.8. The third-order valence-electron chi connectivity index (χ3n) is 5.11. The van der Waals surface area contributed by atoms with E-state index < -0.39 is 0 Å². The highest BCUT2D eigenvalue weighted by atomic mass is 15.2. The van der Waals surface area contributed by atoms with Crippen LogP contribution in [-0.4, -0.2) is 36.1 Å². The van der Waals surface area contributed by atoms with E-state index in [0.29, 0.717) is 6.04 Å². The summed E-state index contributed by atoms with van der Waals surface area (Å²) in [6.45, 7) is 12.0. The Balaban J connectivity index is 1.85. The summed E-state index contributed by atoms with van der Waals surface area (Å²) in [6, 6.07) is 2.22. The SMILES string of the molecule is CC(C)NC1CCCN(C2CCC(C)C(C)C2)C1. The Labute approximate surface area is 114 Å². The molecular formula is C16H32N2. The fourth-order valence-electron chi connectivity index (χ4n) is 3.80. The van der Waals surface area contributed by atoms with E-state index in [1.807, 2.05) is 0 Å². The summed E-state index contributed by atoms with van der Waals surface area (Å²) in [5.41, 5.74) is 0. The highest BCUT2D eigenvalue weighted by molar-refractivity contribution is 4.87. The number of nitrogens with one attached hydrogen (secondary N) is 1. The molecule has 2 aliphatic rings. The quantitative estimate of drug-likeness (QED) is 0.829. The molecular weight excluding hydrogens is 220 g/mol. The topological polar surface area (TPSA) is 15.3 Å². The van der Waals surface area contributed by atoms with Gasteiger partial charge in [-0.25, -0.2) is 0 Å². The summed E-state index contributed by atoms with van der Waals surface area (Å²) >= 11 is 0. The van der Waals surface area contributed by atoms with Crippen molar-refractivity contribution in [3.05, 3.63) is 0 Å². The summed E-state index contributed by atoms with van der Waals surface area (Å²) in [4.78, 5) is 2.78. The molecule has 1 saturated carbocycles. The van der Waals surface area contributed by atoms with Gasteiger partial charge in [-0.2, -0.15) is 0 Å². The summed E-state index contributed by atoms with van der Waals surface area (Å²) < 4.78 is 0. The number of piperidine rings is 1. The van der Waals surface area contributed by atoms with Crippen molar-refractivity contribution < 1.29 is 0 Å². The number of nitrogens with zero attached hydrogens (tertiary/aromatic N) is 1. The van der Waals surface area contributed by atoms with Crippen LogP contribution in [0.1, 0.15) is 59.8 Å². The van der Waals surface area contributed by atoms with E-state index in [-0.39, 0.29) is 0 Å². The number of hydrogen-bond acceptors (Lipinski definition) is 2. The molecule has 2 heteroatoms. The minimum atomic E-state index is 0.625. The van der Waals surface area contributed by atoms with E-state index >= 15 is 0 Å². The van der Waals surface area contributed by atoms with Crippen molar-refractivity contribution in [2.75, 3.05) is 13.1 Å². The van der Waals surface area contributed by atoms with Crippen LogP contribution in [0.25, 0.3) is 0 Å². The predicted octanol–water partition coefficient (Wildman–Crippen LogP) is 3.27. The second kappa shape index (κ2) is 6.38. The summed E-state index contributed by atoms with van der Waals surface area (Å²) in [7, 11) is 0. The molecule has 0 aromatic heterocycles. The highest BCUT2D eigenvalue weighted by Crippen LogP contribution is 2.33. The first-order chi connectivity index (χ1) is 8.56. The molecule has 4 atom stereocenters. The molecule has 1 saturated heterocycles. The van der Waals surface area contributed by atoms with E-state index in [1.54, 1.807) is 0 Å². The second-order valence-electron chi connectivity index (χ2n) is 7.08. The minimum Gasteiger partial charge on any atom is -0.311 e. The fraction of sp³-hybridized carbons (Fsp3) is 1.00. The van der Waals surface area contributed by atoms with Crippen molar-refractivity contribution in [1.82, 2.24) is 10.2 Å². The Bertz CT molecular complexity index is 251. The first-order valence-electron chi connectivity index (χ1n) is 8.06. The van der Waals surface area contributed by atoms with Crippen molar-refractivity contribution in [1.29, 1.82) is 0 Å². The fourth-order valence-corrected chi connectivity index (χ4v) is 3.80. The molecule has 2 nitrogen and oxygen atoms in total. The van der Waals surface area contributed by atoms with Crippen LogP contribution in [0.2, 0.25) is 0 Å². The third kappa shape index (κ3) is 3.71. The van der Waals surface area contributed by atoms with Crippen LogP contribution in [0, 0.1) is 11.8 Å². The van der Waals surface area contributed by atoms with E-state index in [2.05, 4.69) is 37.9 Å². The molecule has 2 rings (SSSR count). The van der Waals surface area contributed by atoms with Gasteiger partial charge in [-0.3, -0.25) is 4.90 Å². The molecule has 0 aromatic carbocycles. The first-order valence-corrected chi connectivity index (χ1v) is 8.06. The van der Waals surface area contributed by atoms with Crippen molar-refractivity contribution in [2.24, 2.45) is 11.8 Å². The molecule has 0 aromatic rings. The monoisotopic (exact) mass is 252 g/mol. The van der Waals surface area contributed by atoms with Crippen molar-refractivity contribution in [2.45, 2.75) is 77.9 Å². The predicted molar refractivity (Wildman–Crippen MR) is 78.8 cm³/mol. The molecule has 0 radical (unpaired) electrons. The van der Waals surface area contributed by atoms with Gasteiger partial charge in [-0.05, 0) is 50.5 Å². The van der Waals surface area contributed by atoms with E-state index in [1.165, 1.54) is 45.2 Å². The van der Waals surface area contributed by atoms with Gasteiger partial charge in [0.1, 0.15) is 0 Å². The Morgan fingerprint density at radius 3 is 2.50 bits per heavy atom. The van der Waals surface area contributed by atoms with E-state index in [4.69, 9.17) is 0 Å². The number of likely N-dealkylation sites (tertiary alicyclic amines) is 1. The molecule has 1 aliphatic heterocycles. The minimum absolute atomic E-state index is 0.625.